The van der Waals surface area contributed by atoms with Crippen LogP contribution < -0.4 is 5.32 Å². The van der Waals surface area contributed by atoms with Gasteiger partial charge in [0.1, 0.15) is 5.76 Å². The number of nitrogens with zero attached hydrogens (tertiary/aromatic N) is 2. The van der Waals surface area contributed by atoms with Crippen LogP contribution in [-0.4, -0.2) is 16.0 Å². The molecule has 5 rings (SSSR count). The number of para-hydroxylation sites is 1. The minimum absolute atomic E-state index is 0.121. The van der Waals surface area contributed by atoms with E-state index in [9.17, 15) is 4.79 Å². The fourth-order valence-electron chi connectivity index (χ4n) is 3.47. The third-order valence-electron chi connectivity index (χ3n) is 5.10. The molecule has 0 saturated carbocycles. The first-order valence-corrected chi connectivity index (χ1v) is 11.1. The molecule has 0 fully saturated rings. The van der Waals surface area contributed by atoms with Crippen LogP contribution in [0.3, 0.4) is 0 Å². The molecule has 8 heteroatoms. The van der Waals surface area contributed by atoms with Crippen LogP contribution in [0.25, 0.3) is 22.8 Å². The SMILES string of the molecule is O=C(Nc1ccccc1-c1nc(Cc2ccccc2)no1)c1ccc(-c2cc(Cl)ccc2Cl)o1. The predicted octanol–water partition coefficient (Wildman–Crippen LogP) is 7.15. The average molecular weight is 490 g/mol. The number of rotatable bonds is 6. The Kier molecular flexibility index (Phi) is 6.16. The van der Waals surface area contributed by atoms with E-state index in [0.29, 0.717) is 50.8 Å². The highest BCUT2D eigenvalue weighted by atomic mass is 35.5. The first-order valence-electron chi connectivity index (χ1n) is 10.4. The van der Waals surface area contributed by atoms with Gasteiger partial charge >= 0.3 is 0 Å². The molecule has 0 aliphatic rings. The fourth-order valence-corrected chi connectivity index (χ4v) is 3.85. The van der Waals surface area contributed by atoms with Crippen LogP contribution in [0.4, 0.5) is 5.69 Å². The van der Waals surface area contributed by atoms with Crippen LogP contribution >= 0.6 is 23.2 Å². The topological polar surface area (TPSA) is 81.2 Å². The zero-order valence-corrected chi connectivity index (χ0v) is 19.2. The first kappa shape index (κ1) is 21.9. The molecule has 0 radical (unpaired) electrons. The summed E-state index contributed by atoms with van der Waals surface area (Å²) >= 11 is 12.3. The van der Waals surface area contributed by atoms with Gasteiger partial charge in [-0.15, -0.1) is 0 Å². The lowest BCUT2D eigenvalue weighted by Crippen LogP contribution is -2.11. The van der Waals surface area contributed by atoms with Gasteiger partial charge in [0.05, 0.1) is 16.3 Å². The summed E-state index contributed by atoms with van der Waals surface area (Å²) in [7, 11) is 0. The molecule has 0 spiro atoms. The summed E-state index contributed by atoms with van der Waals surface area (Å²) in [6, 6.07) is 25.4. The summed E-state index contributed by atoms with van der Waals surface area (Å²) < 4.78 is 11.2. The van der Waals surface area contributed by atoms with E-state index in [1.807, 2.05) is 36.4 Å². The molecule has 6 nitrogen and oxygen atoms in total. The minimum Gasteiger partial charge on any atom is -0.451 e. The zero-order valence-electron chi connectivity index (χ0n) is 17.7. The number of carbonyl (C=O) groups excluding carboxylic acids is 1. The monoisotopic (exact) mass is 489 g/mol. The van der Waals surface area contributed by atoms with Crippen LogP contribution in [0.2, 0.25) is 10.0 Å². The molecule has 1 amide bonds. The molecule has 0 aliphatic heterocycles. The van der Waals surface area contributed by atoms with Crippen LogP contribution in [0.5, 0.6) is 0 Å². The van der Waals surface area contributed by atoms with Gasteiger partial charge in [0.25, 0.3) is 11.8 Å². The molecule has 0 unspecified atom stereocenters. The standard InChI is InChI=1S/C26H17Cl2N3O3/c27-17-10-11-20(28)19(15-17)22-12-13-23(33-22)25(32)29-21-9-5-4-8-18(21)26-30-24(31-34-26)14-16-6-2-1-3-7-16/h1-13,15H,14H2,(H,29,32). The van der Waals surface area contributed by atoms with Crippen molar-refractivity contribution in [1.29, 1.82) is 0 Å². The van der Waals surface area contributed by atoms with Gasteiger partial charge in [-0.3, -0.25) is 4.79 Å². The van der Waals surface area contributed by atoms with Crippen molar-refractivity contribution in [2.45, 2.75) is 6.42 Å². The maximum atomic E-state index is 12.9. The molecule has 5 aromatic rings. The normalized spacial score (nSPS) is 10.9. The van der Waals surface area contributed by atoms with Crippen molar-refractivity contribution in [3.8, 4) is 22.8 Å². The zero-order chi connectivity index (χ0) is 23.5. The van der Waals surface area contributed by atoms with E-state index in [1.54, 1.807) is 48.5 Å². The lowest BCUT2D eigenvalue weighted by molar-refractivity contribution is 0.0997. The quantitative estimate of drug-likeness (QED) is 0.274. The second kappa shape index (κ2) is 9.55. The largest absolute Gasteiger partial charge is 0.451 e. The maximum Gasteiger partial charge on any atom is 0.291 e. The Bertz CT molecular complexity index is 1460. The maximum absolute atomic E-state index is 12.9. The Labute approximate surface area is 205 Å². The van der Waals surface area contributed by atoms with Crippen molar-refractivity contribution in [2.24, 2.45) is 0 Å². The third-order valence-corrected chi connectivity index (χ3v) is 5.67. The molecule has 2 heterocycles. The highest BCUT2D eigenvalue weighted by Gasteiger charge is 2.18. The summed E-state index contributed by atoms with van der Waals surface area (Å²) in [6.07, 6.45) is 0.542. The summed E-state index contributed by atoms with van der Waals surface area (Å²) in [4.78, 5) is 17.4. The number of nitrogens with one attached hydrogen (secondary N) is 1. The van der Waals surface area contributed by atoms with E-state index < -0.39 is 5.91 Å². The smallest absolute Gasteiger partial charge is 0.291 e. The molecule has 0 atom stereocenters. The minimum atomic E-state index is -0.430. The number of hydrogen-bond donors (Lipinski definition) is 1. The molecular weight excluding hydrogens is 473 g/mol. The molecule has 34 heavy (non-hydrogen) atoms. The van der Waals surface area contributed by atoms with E-state index >= 15 is 0 Å². The molecular formula is C26H17Cl2N3O3. The summed E-state index contributed by atoms with van der Waals surface area (Å²) in [6.45, 7) is 0. The van der Waals surface area contributed by atoms with E-state index in [-0.39, 0.29) is 5.76 Å². The molecule has 0 aliphatic carbocycles. The number of amides is 1. The lowest BCUT2D eigenvalue weighted by atomic mass is 10.1. The number of anilines is 1. The Morgan fingerprint density at radius 1 is 0.882 bits per heavy atom. The number of benzene rings is 3. The Balaban J connectivity index is 1.36. The Morgan fingerprint density at radius 3 is 2.53 bits per heavy atom. The van der Waals surface area contributed by atoms with Crippen molar-refractivity contribution in [1.82, 2.24) is 10.1 Å². The highest BCUT2D eigenvalue weighted by Crippen LogP contribution is 2.32. The molecule has 3 aromatic carbocycles. The van der Waals surface area contributed by atoms with E-state index in [4.69, 9.17) is 32.1 Å². The molecule has 0 saturated heterocycles. The van der Waals surface area contributed by atoms with Gasteiger partial charge in [0, 0.05) is 17.0 Å². The van der Waals surface area contributed by atoms with Crippen LogP contribution in [0.15, 0.2) is 93.9 Å². The average Bonchev–Trinajstić information content (AvgIpc) is 3.52. The highest BCUT2D eigenvalue weighted by molar-refractivity contribution is 6.35. The summed E-state index contributed by atoms with van der Waals surface area (Å²) in [5, 5.41) is 7.92. The van der Waals surface area contributed by atoms with E-state index in [0.717, 1.165) is 5.56 Å². The Morgan fingerprint density at radius 2 is 1.68 bits per heavy atom. The summed E-state index contributed by atoms with van der Waals surface area (Å²) in [5.74, 6) is 0.995. The van der Waals surface area contributed by atoms with Gasteiger partial charge in [-0.25, -0.2) is 0 Å². The number of halogens is 2. The van der Waals surface area contributed by atoms with Gasteiger partial charge in [-0.2, -0.15) is 4.98 Å². The van der Waals surface area contributed by atoms with Gasteiger partial charge in [0.2, 0.25) is 0 Å². The molecule has 0 bridgehead atoms. The van der Waals surface area contributed by atoms with Crippen LogP contribution in [-0.2, 0) is 6.42 Å². The third kappa shape index (κ3) is 4.73. The van der Waals surface area contributed by atoms with E-state index in [2.05, 4.69) is 15.5 Å². The van der Waals surface area contributed by atoms with E-state index in [1.165, 1.54) is 0 Å². The van der Waals surface area contributed by atoms with Gasteiger partial charge < -0.3 is 14.3 Å². The van der Waals surface area contributed by atoms with Crippen molar-refractivity contribution < 1.29 is 13.7 Å². The van der Waals surface area contributed by atoms with Crippen molar-refractivity contribution in [2.75, 3.05) is 5.32 Å². The second-order valence-corrected chi connectivity index (χ2v) is 8.31. The van der Waals surface area contributed by atoms with Gasteiger partial charge in [-0.1, -0.05) is 70.8 Å². The number of carbonyl (C=O) groups is 1. The van der Waals surface area contributed by atoms with Crippen molar-refractivity contribution >= 4 is 34.8 Å². The lowest BCUT2D eigenvalue weighted by Gasteiger charge is -2.07. The predicted molar refractivity (Wildman–Crippen MR) is 131 cm³/mol. The van der Waals surface area contributed by atoms with Crippen LogP contribution in [0, 0.1) is 0 Å². The number of hydrogen-bond acceptors (Lipinski definition) is 5. The fraction of sp³-hybridized carbons (Fsp3) is 0.0385. The number of aromatic nitrogens is 2. The first-order chi connectivity index (χ1) is 16.6. The van der Waals surface area contributed by atoms with Crippen molar-refractivity contribution in [3.05, 3.63) is 112 Å². The van der Waals surface area contributed by atoms with Gasteiger partial charge in [-0.05, 0) is 48.0 Å². The van der Waals surface area contributed by atoms with Crippen LogP contribution in [0.1, 0.15) is 21.9 Å². The number of furan rings is 1. The molecule has 1 N–H and O–H groups in total. The molecule has 168 valence electrons. The molecule has 2 aromatic heterocycles. The second-order valence-electron chi connectivity index (χ2n) is 7.47. The van der Waals surface area contributed by atoms with Gasteiger partial charge in [0.15, 0.2) is 11.6 Å². The Hall–Kier alpha value is -3.87. The van der Waals surface area contributed by atoms with Crippen molar-refractivity contribution in [3.63, 3.8) is 0 Å². The summed E-state index contributed by atoms with van der Waals surface area (Å²) in [5.41, 5.74) is 2.80.